The van der Waals surface area contributed by atoms with Gasteiger partial charge in [-0.25, -0.2) is 4.39 Å². The molecule has 0 aliphatic carbocycles. The highest BCUT2D eigenvalue weighted by atomic mass is 19.1. The van der Waals surface area contributed by atoms with E-state index in [1.54, 1.807) is 6.07 Å². The van der Waals surface area contributed by atoms with Crippen molar-refractivity contribution in [1.29, 1.82) is 0 Å². The van der Waals surface area contributed by atoms with Gasteiger partial charge in [-0.15, -0.1) is 0 Å². The molecular weight excluding hydrogens is 311 g/mol. The first kappa shape index (κ1) is 16.7. The third-order valence-corrected chi connectivity index (χ3v) is 4.61. The molecule has 0 radical (unpaired) electrons. The molecule has 2 atom stereocenters. The van der Waals surface area contributed by atoms with Crippen molar-refractivity contribution in [3.8, 4) is 0 Å². The van der Waals surface area contributed by atoms with Crippen molar-refractivity contribution < 1.29 is 14.0 Å². The van der Waals surface area contributed by atoms with Crippen LogP contribution in [0.15, 0.2) is 18.2 Å². The van der Waals surface area contributed by atoms with Gasteiger partial charge in [0, 0.05) is 45.7 Å². The zero-order chi connectivity index (χ0) is 17.1. The first-order valence-electron chi connectivity index (χ1n) is 8.34. The zero-order valence-corrected chi connectivity index (χ0v) is 13.8. The van der Waals surface area contributed by atoms with Crippen LogP contribution in [0, 0.1) is 5.82 Å². The molecule has 130 valence electrons. The lowest BCUT2D eigenvalue weighted by Gasteiger charge is -2.30. The lowest BCUT2D eigenvalue weighted by Crippen LogP contribution is -2.43. The summed E-state index contributed by atoms with van der Waals surface area (Å²) in [6, 6.07) is 4.97. The maximum Gasteiger partial charge on any atom is 0.227 e. The maximum atomic E-state index is 14.5. The molecule has 24 heavy (non-hydrogen) atoms. The number of hydrogen-bond acceptors (Lipinski definition) is 4. The first-order chi connectivity index (χ1) is 11.5. The number of carbonyl (C=O) groups is 2. The number of benzene rings is 1. The summed E-state index contributed by atoms with van der Waals surface area (Å²) in [4.78, 5) is 25.2. The van der Waals surface area contributed by atoms with Crippen LogP contribution in [0.4, 0.5) is 10.1 Å². The number of hydrogen-bond donors (Lipinski definition) is 3. The summed E-state index contributed by atoms with van der Waals surface area (Å²) < 4.78 is 14.5. The first-order valence-corrected chi connectivity index (χ1v) is 8.34. The van der Waals surface area contributed by atoms with E-state index in [9.17, 15) is 14.0 Å². The number of nitrogens with zero attached hydrogens (tertiary/aromatic N) is 1. The van der Waals surface area contributed by atoms with Gasteiger partial charge in [0.15, 0.2) is 0 Å². The Morgan fingerprint density at radius 3 is 2.79 bits per heavy atom. The molecule has 0 saturated carbocycles. The van der Waals surface area contributed by atoms with Crippen molar-refractivity contribution in [1.82, 2.24) is 16.0 Å². The highest BCUT2D eigenvalue weighted by molar-refractivity contribution is 5.86. The Hall–Kier alpha value is -2.15. The highest BCUT2D eigenvalue weighted by Crippen LogP contribution is 2.30. The van der Waals surface area contributed by atoms with Crippen molar-refractivity contribution in [2.75, 3.05) is 37.6 Å². The average Bonchev–Trinajstić information content (AvgIpc) is 2.94. The van der Waals surface area contributed by atoms with E-state index in [-0.39, 0.29) is 29.6 Å². The van der Waals surface area contributed by atoms with Gasteiger partial charge in [0.05, 0.1) is 11.6 Å². The Labute approximate surface area is 140 Å². The molecule has 2 heterocycles. The molecule has 1 unspecified atom stereocenters. The van der Waals surface area contributed by atoms with Crippen molar-refractivity contribution >= 4 is 17.5 Å². The Morgan fingerprint density at radius 2 is 2.12 bits per heavy atom. The fourth-order valence-corrected chi connectivity index (χ4v) is 3.34. The molecule has 2 amide bonds. The molecule has 2 aliphatic heterocycles. The van der Waals surface area contributed by atoms with E-state index in [0.717, 1.165) is 26.2 Å². The van der Waals surface area contributed by atoms with Gasteiger partial charge in [0.2, 0.25) is 11.8 Å². The molecule has 2 aliphatic rings. The predicted molar refractivity (Wildman–Crippen MR) is 89.5 cm³/mol. The average molecular weight is 334 g/mol. The molecule has 0 spiro atoms. The SMILES string of the molecule is CC(=O)NCC1C[C@@H](c2ccc(N3CCNCC3)c(F)c2)C(=O)N1. The molecule has 3 rings (SSSR count). The summed E-state index contributed by atoms with van der Waals surface area (Å²) >= 11 is 0. The van der Waals surface area contributed by atoms with Gasteiger partial charge < -0.3 is 20.9 Å². The van der Waals surface area contributed by atoms with E-state index in [0.29, 0.717) is 24.2 Å². The standard InChI is InChI=1S/C17H23FN4O2/c1-11(23)20-10-13-9-14(17(24)21-13)12-2-3-16(15(18)8-12)22-6-4-19-5-7-22/h2-3,8,13-14,19H,4-7,9-10H2,1H3,(H,20,23)(H,21,24)/t13?,14-/m0/s1. The van der Waals surface area contributed by atoms with Gasteiger partial charge in [-0.2, -0.15) is 0 Å². The molecule has 1 aromatic carbocycles. The van der Waals surface area contributed by atoms with Crippen LogP contribution in [0.3, 0.4) is 0 Å². The summed E-state index contributed by atoms with van der Waals surface area (Å²) in [6.07, 6.45) is 0.561. The lowest BCUT2D eigenvalue weighted by atomic mass is 9.95. The third-order valence-electron chi connectivity index (χ3n) is 4.61. The van der Waals surface area contributed by atoms with Gasteiger partial charge in [-0.1, -0.05) is 6.07 Å². The summed E-state index contributed by atoms with van der Waals surface area (Å²) in [5.74, 6) is -0.887. The van der Waals surface area contributed by atoms with Crippen LogP contribution in [-0.4, -0.2) is 50.6 Å². The Morgan fingerprint density at radius 1 is 1.38 bits per heavy atom. The van der Waals surface area contributed by atoms with Crippen molar-refractivity contribution in [3.05, 3.63) is 29.6 Å². The number of nitrogens with one attached hydrogen (secondary N) is 3. The van der Waals surface area contributed by atoms with Gasteiger partial charge in [0.25, 0.3) is 0 Å². The number of halogens is 1. The van der Waals surface area contributed by atoms with E-state index in [1.165, 1.54) is 13.0 Å². The quantitative estimate of drug-likeness (QED) is 0.743. The van der Waals surface area contributed by atoms with E-state index in [1.807, 2.05) is 11.0 Å². The largest absolute Gasteiger partial charge is 0.367 e. The van der Waals surface area contributed by atoms with E-state index >= 15 is 0 Å². The fraction of sp³-hybridized carbons (Fsp3) is 0.529. The van der Waals surface area contributed by atoms with Crippen molar-refractivity contribution in [3.63, 3.8) is 0 Å². The summed E-state index contributed by atoms with van der Waals surface area (Å²) in [6.45, 7) is 5.09. The summed E-state index contributed by atoms with van der Waals surface area (Å²) in [7, 11) is 0. The minimum absolute atomic E-state index is 0.109. The van der Waals surface area contributed by atoms with Crippen LogP contribution in [0.2, 0.25) is 0 Å². The van der Waals surface area contributed by atoms with Gasteiger partial charge >= 0.3 is 0 Å². The lowest BCUT2D eigenvalue weighted by molar-refractivity contribution is -0.121. The molecular formula is C17H23FN4O2. The normalized spacial score (nSPS) is 23.9. The van der Waals surface area contributed by atoms with Crippen LogP contribution < -0.4 is 20.9 Å². The van der Waals surface area contributed by atoms with Crippen LogP contribution >= 0.6 is 0 Å². The highest BCUT2D eigenvalue weighted by Gasteiger charge is 2.33. The monoisotopic (exact) mass is 334 g/mol. The summed E-state index contributed by atoms with van der Waals surface area (Å²) in [5, 5.41) is 8.81. The molecule has 0 bridgehead atoms. The second kappa shape index (κ2) is 7.17. The molecule has 2 fully saturated rings. The van der Waals surface area contributed by atoms with Crippen LogP contribution in [0.5, 0.6) is 0 Å². The van der Waals surface area contributed by atoms with Crippen LogP contribution in [0.1, 0.15) is 24.8 Å². The minimum Gasteiger partial charge on any atom is -0.367 e. The van der Waals surface area contributed by atoms with E-state index in [2.05, 4.69) is 16.0 Å². The van der Waals surface area contributed by atoms with Crippen molar-refractivity contribution in [2.24, 2.45) is 0 Å². The second-order valence-corrected chi connectivity index (χ2v) is 6.38. The zero-order valence-electron chi connectivity index (χ0n) is 13.8. The molecule has 1 aromatic rings. The predicted octanol–water partition coefficient (Wildman–Crippen LogP) is 0.344. The molecule has 3 N–H and O–H groups in total. The van der Waals surface area contributed by atoms with Crippen molar-refractivity contribution in [2.45, 2.75) is 25.3 Å². The molecule has 7 heteroatoms. The van der Waals surface area contributed by atoms with Crippen LogP contribution in [-0.2, 0) is 9.59 Å². The smallest absolute Gasteiger partial charge is 0.227 e. The Balaban J connectivity index is 1.69. The number of amides is 2. The molecule has 2 saturated heterocycles. The number of anilines is 1. The Bertz CT molecular complexity index is 631. The second-order valence-electron chi connectivity index (χ2n) is 6.38. The number of piperazine rings is 1. The minimum atomic E-state index is -0.365. The van der Waals surface area contributed by atoms with Crippen LogP contribution in [0.25, 0.3) is 0 Å². The molecule has 0 aromatic heterocycles. The fourth-order valence-electron chi connectivity index (χ4n) is 3.34. The Kier molecular flexibility index (Phi) is 4.99. The third kappa shape index (κ3) is 3.67. The molecule has 6 nitrogen and oxygen atoms in total. The van der Waals surface area contributed by atoms with E-state index in [4.69, 9.17) is 0 Å². The van der Waals surface area contributed by atoms with Gasteiger partial charge in [0.1, 0.15) is 5.82 Å². The maximum absolute atomic E-state index is 14.5. The summed E-state index contributed by atoms with van der Waals surface area (Å²) in [5.41, 5.74) is 1.28. The number of carbonyl (C=O) groups excluding carboxylic acids is 2. The van der Waals surface area contributed by atoms with Gasteiger partial charge in [-0.05, 0) is 24.1 Å². The number of rotatable bonds is 4. The van der Waals surface area contributed by atoms with Gasteiger partial charge in [-0.3, -0.25) is 9.59 Å². The van der Waals surface area contributed by atoms with E-state index < -0.39 is 0 Å². The topological polar surface area (TPSA) is 73.5 Å².